The molecular formula is C31H31N3O2. The number of hydrogen-bond acceptors (Lipinski definition) is 3. The highest BCUT2D eigenvalue weighted by atomic mass is 16.5. The fraction of sp³-hybridized carbons (Fsp3) is 0.226. The van der Waals surface area contributed by atoms with E-state index >= 15 is 0 Å². The summed E-state index contributed by atoms with van der Waals surface area (Å²) in [5.41, 5.74) is 3.19. The smallest absolute Gasteiger partial charge is 0.224 e. The number of aryl methyl sites for hydroxylation is 2. The standard InChI is InChI=1S/C31H31N3O2/c35-31(22-24-10-2-1-3-11-24)32-19-8-16-30-33-28-14-6-7-15-29(28)34(30)20-9-21-36-27-18-17-25-12-4-5-13-26(25)23-27/h1-7,10-15,17-18,23H,8-9,16,19-22H2,(H,32,35). The number of carbonyl (C=O) groups is 1. The molecule has 182 valence electrons. The minimum atomic E-state index is 0.0561. The Morgan fingerprint density at radius 2 is 1.61 bits per heavy atom. The van der Waals surface area contributed by atoms with Gasteiger partial charge in [-0.25, -0.2) is 4.98 Å². The van der Waals surface area contributed by atoms with Gasteiger partial charge >= 0.3 is 0 Å². The number of rotatable bonds is 11. The molecule has 0 unspecified atom stereocenters. The average molecular weight is 478 g/mol. The maximum atomic E-state index is 12.2. The van der Waals surface area contributed by atoms with Crippen LogP contribution in [0.1, 0.15) is 24.2 Å². The van der Waals surface area contributed by atoms with Crippen molar-refractivity contribution in [1.82, 2.24) is 14.9 Å². The second-order valence-corrected chi connectivity index (χ2v) is 9.00. The molecule has 1 heterocycles. The molecule has 0 fully saturated rings. The molecule has 5 aromatic rings. The van der Waals surface area contributed by atoms with Gasteiger partial charge in [-0.05, 0) is 53.4 Å². The highest BCUT2D eigenvalue weighted by Crippen LogP contribution is 2.21. The maximum absolute atomic E-state index is 12.2. The molecule has 1 amide bonds. The van der Waals surface area contributed by atoms with Gasteiger partial charge < -0.3 is 14.6 Å². The van der Waals surface area contributed by atoms with E-state index in [1.165, 1.54) is 10.8 Å². The summed E-state index contributed by atoms with van der Waals surface area (Å²) in [6.45, 7) is 2.11. The lowest BCUT2D eigenvalue weighted by Crippen LogP contribution is -2.26. The molecule has 0 atom stereocenters. The number of aromatic nitrogens is 2. The molecule has 0 radical (unpaired) electrons. The molecule has 5 nitrogen and oxygen atoms in total. The van der Waals surface area contributed by atoms with E-state index in [9.17, 15) is 4.79 Å². The number of nitrogens with one attached hydrogen (secondary N) is 1. The topological polar surface area (TPSA) is 56.2 Å². The van der Waals surface area contributed by atoms with Crippen LogP contribution in [0, 0.1) is 0 Å². The molecule has 5 rings (SSSR count). The summed E-state index contributed by atoms with van der Waals surface area (Å²) in [4.78, 5) is 17.1. The van der Waals surface area contributed by atoms with Gasteiger partial charge in [0.15, 0.2) is 0 Å². The van der Waals surface area contributed by atoms with E-state index in [2.05, 4.69) is 58.4 Å². The van der Waals surface area contributed by atoms with Crippen LogP contribution in [0.25, 0.3) is 21.8 Å². The first-order valence-electron chi connectivity index (χ1n) is 12.6. The van der Waals surface area contributed by atoms with Crippen LogP contribution in [0.4, 0.5) is 0 Å². The number of ether oxygens (including phenoxy) is 1. The molecule has 0 aliphatic heterocycles. The van der Waals surface area contributed by atoms with E-state index in [-0.39, 0.29) is 5.91 Å². The molecule has 0 saturated carbocycles. The van der Waals surface area contributed by atoms with Crippen LogP contribution in [0.15, 0.2) is 97.1 Å². The Balaban J connectivity index is 1.14. The zero-order valence-corrected chi connectivity index (χ0v) is 20.4. The number of imidazole rings is 1. The molecular weight excluding hydrogens is 446 g/mol. The Morgan fingerprint density at radius 1 is 0.833 bits per heavy atom. The van der Waals surface area contributed by atoms with E-state index in [1.54, 1.807) is 0 Å². The summed E-state index contributed by atoms with van der Waals surface area (Å²) < 4.78 is 8.35. The zero-order chi connectivity index (χ0) is 24.6. The number of benzene rings is 4. The Morgan fingerprint density at radius 3 is 2.50 bits per heavy atom. The van der Waals surface area contributed by atoms with Crippen molar-refractivity contribution in [3.05, 3.63) is 108 Å². The van der Waals surface area contributed by atoms with Gasteiger partial charge in [-0.2, -0.15) is 0 Å². The number of fused-ring (bicyclic) bond motifs is 2. The lowest BCUT2D eigenvalue weighted by Gasteiger charge is -2.11. The highest BCUT2D eigenvalue weighted by molar-refractivity contribution is 5.83. The molecule has 1 N–H and O–H groups in total. The molecule has 0 aliphatic rings. The fourth-order valence-electron chi connectivity index (χ4n) is 4.55. The summed E-state index contributed by atoms with van der Waals surface area (Å²) in [5, 5.41) is 5.45. The maximum Gasteiger partial charge on any atom is 0.224 e. The Hall–Kier alpha value is -4.12. The lowest BCUT2D eigenvalue weighted by atomic mass is 10.1. The van der Waals surface area contributed by atoms with Crippen molar-refractivity contribution in [3.63, 3.8) is 0 Å². The first-order chi connectivity index (χ1) is 17.8. The van der Waals surface area contributed by atoms with Gasteiger partial charge in [0.05, 0.1) is 24.1 Å². The van der Waals surface area contributed by atoms with Gasteiger partial charge in [-0.3, -0.25) is 4.79 Å². The van der Waals surface area contributed by atoms with Crippen LogP contribution in [0.5, 0.6) is 5.75 Å². The van der Waals surface area contributed by atoms with Crippen molar-refractivity contribution in [3.8, 4) is 5.75 Å². The van der Waals surface area contributed by atoms with E-state index in [1.807, 2.05) is 48.5 Å². The summed E-state index contributed by atoms with van der Waals surface area (Å²) in [6.07, 6.45) is 2.95. The van der Waals surface area contributed by atoms with E-state index in [4.69, 9.17) is 9.72 Å². The molecule has 5 heteroatoms. The second kappa shape index (κ2) is 11.5. The van der Waals surface area contributed by atoms with Gasteiger partial charge in [-0.15, -0.1) is 0 Å². The van der Waals surface area contributed by atoms with Crippen molar-refractivity contribution < 1.29 is 9.53 Å². The summed E-state index contributed by atoms with van der Waals surface area (Å²) in [5.74, 6) is 2.01. The van der Waals surface area contributed by atoms with Crippen molar-refractivity contribution in [2.45, 2.75) is 32.2 Å². The monoisotopic (exact) mass is 477 g/mol. The number of carbonyl (C=O) groups excluding carboxylic acids is 1. The zero-order valence-electron chi connectivity index (χ0n) is 20.4. The summed E-state index contributed by atoms with van der Waals surface area (Å²) in [6, 6.07) is 32.6. The third kappa shape index (κ3) is 5.92. The first kappa shape index (κ1) is 23.6. The number of amides is 1. The van der Waals surface area contributed by atoms with Crippen LogP contribution in [0.3, 0.4) is 0 Å². The lowest BCUT2D eigenvalue weighted by molar-refractivity contribution is -0.120. The van der Waals surface area contributed by atoms with Gasteiger partial charge in [0.2, 0.25) is 5.91 Å². The third-order valence-corrected chi connectivity index (χ3v) is 6.36. The summed E-state index contributed by atoms with van der Waals surface area (Å²) >= 11 is 0. The summed E-state index contributed by atoms with van der Waals surface area (Å²) in [7, 11) is 0. The molecule has 0 saturated heterocycles. The number of hydrogen-bond donors (Lipinski definition) is 1. The predicted molar refractivity (Wildman–Crippen MR) is 145 cm³/mol. The van der Waals surface area contributed by atoms with Crippen LogP contribution < -0.4 is 10.1 Å². The Kier molecular flexibility index (Phi) is 7.57. The fourth-order valence-corrected chi connectivity index (χ4v) is 4.55. The van der Waals surface area contributed by atoms with Crippen LogP contribution in [-0.4, -0.2) is 28.6 Å². The number of para-hydroxylation sites is 2. The van der Waals surface area contributed by atoms with Crippen LogP contribution in [0.2, 0.25) is 0 Å². The molecule has 36 heavy (non-hydrogen) atoms. The second-order valence-electron chi connectivity index (χ2n) is 9.00. The van der Waals surface area contributed by atoms with Crippen LogP contribution in [-0.2, 0) is 24.2 Å². The Bertz CT molecular complexity index is 1440. The quantitative estimate of drug-likeness (QED) is 0.239. The molecule has 4 aromatic carbocycles. The minimum absolute atomic E-state index is 0.0561. The van der Waals surface area contributed by atoms with Gasteiger partial charge in [0.25, 0.3) is 0 Å². The third-order valence-electron chi connectivity index (χ3n) is 6.36. The van der Waals surface area contributed by atoms with E-state index < -0.39 is 0 Å². The van der Waals surface area contributed by atoms with Gasteiger partial charge in [0.1, 0.15) is 11.6 Å². The molecule has 0 spiro atoms. The highest BCUT2D eigenvalue weighted by Gasteiger charge is 2.11. The van der Waals surface area contributed by atoms with E-state index in [0.29, 0.717) is 19.6 Å². The van der Waals surface area contributed by atoms with Gasteiger partial charge in [0, 0.05) is 19.5 Å². The van der Waals surface area contributed by atoms with Crippen molar-refractivity contribution in [1.29, 1.82) is 0 Å². The molecule has 0 bridgehead atoms. The average Bonchev–Trinajstić information content (AvgIpc) is 3.27. The van der Waals surface area contributed by atoms with Crippen molar-refractivity contribution >= 4 is 27.7 Å². The SMILES string of the molecule is O=C(Cc1ccccc1)NCCCc1nc2ccccc2n1CCCOc1ccc2ccccc2c1. The van der Waals surface area contributed by atoms with Crippen molar-refractivity contribution in [2.24, 2.45) is 0 Å². The van der Waals surface area contributed by atoms with Crippen molar-refractivity contribution in [2.75, 3.05) is 13.2 Å². The van der Waals surface area contributed by atoms with Gasteiger partial charge in [-0.1, -0.05) is 72.8 Å². The Labute approximate surface area is 211 Å². The first-order valence-corrected chi connectivity index (χ1v) is 12.6. The minimum Gasteiger partial charge on any atom is -0.494 e. The normalized spacial score (nSPS) is 11.1. The van der Waals surface area contributed by atoms with E-state index in [0.717, 1.165) is 54.0 Å². The predicted octanol–water partition coefficient (Wildman–Crippen LogP) is 5.95. The van der Waals surface area contributed by atoms with Crippen LogP contribution >= 0.6 is 0 Å². The number of nitrogens with zero attached hydrogens (tertiary/aromatic N) is 2. The molecule has 0 aliphatic carbocycles. The largest absolute Gasteiger partial charge is 0.494 e. The molecule has 1 aromatic heterocycles.